The van der Waals surface area contributed by atoms with Crippen molar-refractivity contribution in [3.63, 3.8) is 0 Å². The van der Waals surface area contributed by atoms with Gasteiger partial charge in [0, 0.05) is 11.1 Å². The highest BCUT2D eigenvalue weighted by atomic mass is 14.2. The van der Waals surface area contributed by atoms with Gasteiger partial charge in [0.1, 0.15) is 0 Å². The molecular formula is C18H18. The van der Waals surface area contributed by atoms with Crippen molar-refractivity contribution in [1.82, 2.24) is 0 Å². The minimum Gasteiger partial charge on any atom is -0.0622 e. The predicted octanol–water partition coefficient (Wildman–Crippen LogP) is 4.38. The van der Waals surface area contributed by atoms with Crippen molar-refractivity contribution in [2.24, 2.45) is 0 Å². The zero-order valence-corrected chi connectivity index (χ0v) is 11.2. The Morgan fingerprint density at radius 1 is 0.722 bits per heavy atom. The molecule has 0 saturated carbocycles. The fraction of sp³-hybridized carbons (Fsp3) is 0.222. The minimum atomic E-state index is 0.171. The molecule has 0 aliphatic rings. The second kappa shape index (κ2) is 5.10. The lowest BCUT2D eigenvalue weighted by molar-refractivity contribution is 0.590. The molecule has 0 atom stereocenters. The number of hydrogen-bond donors (Lipinski definition) is 0. The van der Waals surface area contributed by atoms with Gasteiger partial charge >= 0.3 is 0 Å². The summed E-state index contributed by atoms with van der Waals surface area (Å²) in [5.74, 6) is 6.41. The van der Waals surface area contributed by atoms with Crippen molar-refractivity contribution < 1.29 is 0 Å². The second-order valence-corrected chi connectivity index (χ2v) is 5.45. The van der Waals surface area contributed by atoms with E-state index in [0.717, 1.165) is 11.1 Å². The van der Waals surface area contributed by atoms with E-state index >= 15 is 0 Å². The van der Waals surface area contributed by atoms with Crippen LogP contribution in [0, 0.1) is 11.8 Å². The molecule has 0 heterocycles. The lowest BCUT2D eigenvalue weighted by Gasteiger charge is -2.18. The highest BCUT2D eigenvalue weighted by Gasteiger charge is 2.12. The molecule has 0 spiro atoms. The molecule has 0 saturated heterocycles. The van der Waals surface area contributed by atoms with E-state index in [9.17, 15) is 0 Å². The van der Waals surface area contributed by atoms with Gasteiger partial charge in [0.2, 0.25) is 0 Å². The third kappa shape index (κ3) is 3.25. The average molecular weight is 234 g/mol. The monoisotopic (exact) mass is 234 g/mol. The SMILES string of the molecule is CC(C)(C)c1cccc(C#Cc2ccccc2)c1. The zero-order chi connectivity index (χ0) is 13.0. The highest BCUT2D eigenvalue weighted by Crippen LogP contribution is 2.22. The Labute approximate surface area is 110 Å². The van der Waals surface area contributed by atoms with E-state index in [1.165, 1.54) is 5.56 Å². The molecular weight excluding hydrogens is 216 g/mol. The molecule has 0 unspecified atom stereocenters. The lowest BCUT2D eigenvalue weighted by atomic mass is 9.86. The normalized spacial score (nSPS) is 10.6. The van der Waals surface area contributed by atoms with E-state index in [1.54, 1.807) is 0 Å². The first-order valence-corrected chi connectivity index (χ1v) is 6.23. The van der Waals surface area contributed by atoms with Crippen molar-refractivity contribution in [3.05, 3.63) is 71.3 Å². The molecule has 0 aliphatic heterocycles. The van der Waals surface area contributed by atoms with Crippen LogP contribution in [0.2, 0.25) is 0 Å². The first-order valence-electron chi connectivity index (χ1n) is 6.23. The van der Waals surface area contributed by atoms with Gasteiger partial charge in [-0.3, -0.25) is 0 Å². The van der Waals surface area contributed by atoms with Gasteiger partial charge in [0.15, 0.2) is 0 Å². The van der Waals surface area contributed by atoms with Crippen LogP contribution >= 0.6 is 0 Å². The molecule has 2 aromatic rings. The third-order valence-corrected chi connectivity index (χ3v) is 2.85. The molecule has 0 N–H and O–H groups in total. The van der Waals surface area contributed by atoms with Crippen LogP contribution in [-0.2, 0) is 5.41 Å². The van der Waals surface area contributed by atoms with Crippen LogP contribution < -0.4 is 0 Å². The standard InChI is InChI=1S/C18H18/c1-18(2,3)17-11-7-10-16(14-17)13-12-15-8-5-4-6-9-15/h4-11,14H,1-3H3. The summed E-state index contributed by atoms with van der Waals surface area (Å²) in [6.45, 7) is 6.66. The average Bonchev–Trinajstić information content (AvgIpc) is 2.37. The van der Waals surface area contributed by atoms with Crippen molar-refractivity contribution in [2.45, 2.75) is 26.2 Å². The first-order chi connectivity index (χ1) is 8.55. The van der Waals surface area contributed by atoms with Crippen LogP contribution in [0.1, 0.15) is 37.5 Å². The van der Waals surface area contributed by atoms with Crippen molar-refractivity contribution in [3.8, 4) is 11.8 Å². The molecule has 0 aromatic heterocycles. The molecule has 0 aliphatic carbocycles. The molecule has 0 nitrogen and oxygen atoms in total. The van der Waals surface area contributed by atoms with Crippen molar-refractivity contribution >= 4 is 0 Å². The molecule has 0 amide bonds. The molecule has 0 bridgehead atoms. The van der Waals surface area contributed by atoms with Gasteiger partial charge in [0.05, 0.1) is 0 Å². The second-order valence-electron chi connectivity index (χ2n) is 5.45. The van der Waals surface area contributed by atoms with Crippen LogP contribution in [-0.4, -0.2) is 0 Å². The fourth-order valence-corrected chi connectivity index (χ4v) is 1.73. The highest BCUT2D eigenvalue weighted by molar-refractivity contribution is 5.44. The Morgan fingerprint density at radius 2 is 1.33 bits per heavy atom. The van der Waals surface area contributed by atoms with Gasteiger partial charge in [-0.15, -0.1) is 0 Å². The number of rotatable bonds is 0. The van der Waals surface area contributed by atoms with E-state index in [0.29, 0.717) is 0 Å². The Kier molecular flexibility index (Phi) is 3.53. The van der Waals surface area contributed by atoms with Crippen LogP contribution in [0.4, 0.5) is 0 Å². The maximum absolute atomic E-state index is 3.22. The van der Waals surface area contributed by atoms with E-state index in [-0.39, 0.29) is 5.41 Å². The molecule has 0 heteroatoms. The van der Waals surface area contributed by atoms with Crippen molar-refractivity contribution in [1.29, 1.82) is 0 Å². The lowest BCUT2D eigenvalue weighted by Crippen LogP contribution is -2.10. The van der Waals surface area contributed by atoms with Gasteiger partial charge in [-0.25, -0.2) is 0 Å². The summed E-state index contributed by atoms with van der Waals surface area (Å²) >= 11 is 0. The number of benzene rings is 2. The molecule has 2 rings (SSSR count). The van der Waals surface area contributed by atoms with Gasteiger partial charge in [-0.2, -0.15) is 0 Å². The van der Waals surface area contributed by atoms with Gasteiger partial charge in [-0.1, -0.05) is 62.9 Å². The maximum Gasteiger partial charge on any atom is 0.0251 e. The summed E-state index contributed by atoms with van der Waals surface area (Å²) in [4.78, 5) is 0. The van der Waals surface area contributed by atoms with Crippen molar-refractivity contribution in [2.75, 3.05) is 0 Å². The van der Waals surface area contributed by atoms with Crippen LogP contribution in [0.5, 0.6) is 0 Å². The quantitative estimate of drug-likeness (QED) is 0.593. The van der Waals surface area contributed by atoms with E-state index in [2.05, 4.69) is 56.9 Å². The summed E-state index contributed by atoms with van der Waals surface area (Å²) in [5, 5.41) is 0. The van der Waals surface area contributed by atoms with Crippen LogP contribution in [0.15, 0.2) is 54.6 Å². The Bertz CT molecular complexity index is 575. The molecule has 0 fully saturated rings. The Morgan fingerprint density at radius 3 is 2.00 bits per heavy atom. The number of hydrogen-bond acceptors (Lipinski definition) is 0. The molecule has 2 aromatic carbocycles. The summed E-state index contributed by atoms with van der Waals surface area (Å²) in [7, 11) is 0. The largest absolute Gasteiger partial charge is 0.0622 e. The van der Waals surface area contributed by atoms with Crippen LogP contribution in [0.25, 0.3) is 0 Å². The Hall–Kier alpha value is -2.00. The smallest absolute Gasteiger partial charge is 0.0251 e. The van der Waals surface area contributed by atoms with E-state index in [1.807, 2.05) is 30.3 Å². The molecule has 90 valence electrons. The zero-order valence-electron chi connectivity index (χ0n) is 11.2. The predicted molar refractivity (Wildman–Crippen MR) is 77.6 cm³/mol. The Balaban J connectivity index is 2.29. The molecule has 18 heavy (non-hydrogen) atoms. The summed E-state index contributed by atoms with van der Waals surface area (Å²) in [5.41, 5.74) is 3.62. The fourth-order valence-electron chi connectivity index (χ4n) is 1.73. The summed E-state index contributed by atoms with van der Waals surface area (Å²) < 4.78 is 0. The van der Waals surface area contributed by atoms with Crippen LogP contribution in [0.3, 0.4) is 0 Å². The summed E-state index contributed by atoms with van der Waals surface area (Å²) in [6, 6.07) is 18.6. The first kappa shape index (κ1) is 12.5. The topological polar surface area (TPSA) is 0 Å². The third-order valence-electron chi connectivity index (χ3n) is 2.85. The van der Waals surface area contributed by atoms with Gasteiger partial charge < -0.3 is 0 Å². The van der Waals surface area contributed by atoms with Gasteiger partial charge in [-0.05, 0) is 35.2 Å². The van der Waals surface area contributed by atoms with E-state index in [4.69, 9.17) is 0 Å². The molecule has 0 radical (unpaired) electrons. The van der Waals surface area contributed by atoms with E-state index < -0.39 is 0 Å². The summed E-state index contributed by atoms with van der Waals surface area (Å²) in [6.07, 6.45) is 0. The van der Waals surface area contributed by atoms with Gasteiger partial charge in [0.25, 0.3) is 0 Å². The maximum atomic E-state index is 3.22. The minimum absolute atomic E-state index is 0.171.